The number of rotatable bonds is 5. The predicted octanol–water partition coefficient (Wildman–Crippen LogP) is 2.38. The molecule has 2 aliphatic rings. The average molecular weight is 393 g/mol. The van der Waals surface area contributed by atoms with Gasteiger partial charge in [-0.25, -0.2) is 4.98 Å². The molecule has 1 aromatic heterocycles. The number of likely N-dealkylation sites (tertiary alicyclic amines) is 2. The van der Waals surface area contributed by atoms with Crippen LogP contribution in [0.1, 0.15) is 47.7 Å². The first-order valence-corrected chi connectivity index (χ1v) is 11.1. The van der Waals surface area contributed by atoms with E-state index in [0.717, 1.165) is 29.8 Å². The van der Waals surface area contributed by atoms with Gasteiger partial charge in [-0.3, -0.25) is 9.89 Å². The van der Waals surface area contributed by atoms with Crippen LogP contribution in [-0.4, -0.2) is 73.1 Å². The van der Waals surface area contributed by atoms with E-state index in [-0.39, 0.29) is 5.54 Å². The van der Waals surface area contributed by atoms with E-state index in [0.29, 0.717) is 0 Å². The molecule has 7 heteroatoms. The fourth-order valence-corrected chi connectivity index (χ4v) is 5.12. The van der Waals surface area contributed by atoms with Crippen LogP contribution in [0.4, 0.5) is 0 Å². The first-order valence-electron chi connectivity index (χ1n) is 10.3. The molecule has 152 valence electrons. The van der Waals surface area contributed by atoms with Crippen molar-refractivity contribution in [2.24, 2.45) is 4.99 Å². The van der Waals surface area contributed by atoms with Gasteiger partial charge in [0.2, 0.25) is 0 Å². The number of aryl methyl sites for hydroxylation is 2. The number of thiazole rings is 1. The monoisotopic (exact) mass is 392 g/mol. The van der Waals surface area contributed by atoms with Crippen LogP contribution in [0.5, 0.6) is 0 Å². The maximum atomic E-state index is 4.62. The lowest BCUT2D eigenvalue weighted by Gasteiger charge is -2.50. The van der Waals surface area contributed by atoms with E-state index < -0.39 is 0 Å². The summed E-state index contributed by atoms with van der Waals surface area (Å²) >= 11 is 1.77. The summed E-state index contributed by atoms with van der Waals surface area (Å²) < 4.78 is 0. The van der Waals surface area contributed by atoms with Gasteiger partial charge in [0.25, 0.3) is 0 Å². The van der Waals surface area contributed by atoms with Gasteiger partial charge in [-0.2, -0.15) is 0 Å². The second kappa shape index (κ2) is 9.34. The Hall–Kier alpha value is -1.18. The Morgan fingerprint density at radius 1 is 1.11 bits per heavy atom. The first-order chi connectivity index (χ1) is 13.0. The molecule has 0 atom stereocenters. The van der Waals surface area contributed by atoms with Gasteiger partial charge in [-0.1, -0.05) is 6.42 Å². The maximum absolute atomic E-state index is 4.62. The van der Waals surface area contributed by atoms with E-state index in [2.05, 4.69) is 51.3 Å². The third kappa shape index (κ3) is 5.21. The molecule has 0 aliphatic carbocycles. The van der Waals surface area contributed by atoms with E-state index in [1.807, 2.05) is 7.05 Å². The molecular formula is C20H36N6S. The van der Waals surface area contributed by atoms with Crippen molar-refractivity contribution in [2.75, 3.05) is 46.8 Å². The Bertz CT molecular complexity index is 607. The number of hydrogen-bond donors (Lipinski definition) is 2. The summed E-state index contributed by atoms with van der Waals surface area (Å²) in [7, 11) is 4.10. The molecule has 2 N–H and O–H groups in total. The third-order valence-electron chi connectivity index (χ3n) is 6.23. The zero-order valence-corrected chi connectivity index (χ0v) is 18.3. The van der Waals surface area contributed by atoms with Crippen molar-refractivity contribution in [1.82, 2.24) is 25.4 Å². The standard InChI is InChI=1S/C20H36N6S/c1-16-17(2)27-18(24-16)14-22-19(21-3)23-15-20(8-12-25(4)13-9-20)26-10-6-5-7-11-26/h5-15H2,1-4H3,(H2,21,22,23). The largest absolute Gasteiger partial charge is 0.355 e. The third-order valence-corrected chi connectivity index (χ3v) is 7.31. The summed E-state index contributed by atoms with van der Waals surface area (Å²) in [6.45, 7) is 10.8. The van der Waals surface area contributed by atoms with Gasteiger partial charge in [0.1, 0.15) is 5.01 Å². The zero-order valence-electron chi connectivity index (χ0n) is 17.5. The smallest absolute Gasteiger partial charge is 0.191 e. The molecular weight excluding hydrogens is 356 g/mol. The van der Waals surface area contributed by atoms with Gasteiger partial charge in [0.15, 0.2) is 5.96 Å². The van der Waals surface area contributed by atoms with Crippen LogP contribution < -0.4 is 10.6 Å². The SMILES string of the molecule is CN=C(NCc1nc(C)c(C)s1)NCC1(N2CCCCC2)CCN(C)CC1. The number of nitrogens with zero attached hydrogens (tertiary/aromatic N) is 4. The topological polar surface area (TPSA) is 55.8 Å². The fraction of sp³-hybridized carbons (Fsp3) is 0.800. The maximum Gasteiger partial charge on any atom is 0.191 e. The zero-order chi connectivity index (χ0) is 19.3. The number of piperidine rings is 2. The Morgan fingerprint density at radius 2 is 1.81 bits per heavy atom. The van der Waals surface area contributed by atoms with E-state index in [1.165, 1.54) is 63.2 Å². The second-order valence-corrected chi connectivity index (χ2v) is 9.39. The quantitative estimate of drug-likeness (QED) is 0.595. The summed E-state index contributed by atoms with van der Waals surface area (Å²) in [4.78, 5) is 15.6. The summed E-state index contributed by atoms with van der Waals surface area (Å²) in [6.07, 6.45) is 6.53. The second-order valence-electron chi connectivity index (χ2n) is 8.10. The normalized spacial score (nSPS) is 22.0. The highest BCUT2D eigenvalue weighted by atomic mass is 32.1. The van der Waals surface area contributed by atoms with E-state index in [9.17, 15) is 0 Å². The van der Waals surface area contributed by atoms with Crippen LogP contribution >= 0.6 is 11.3 Å². The molecule has 3 heterocycles. The summed E-state index contributed by atoms with van der Waals surface area (Å²) in [5.74, 6) is 0.885. The van der Waals surface area contributed by atoms with Crippen molar-refractivity contribution in [3.63, 3.8) is 0 Å². The Morgan fingerprint density at radius 3 is 2.41 bits per heavy atom. The van der Waals surface area contributed by atoms with Crippen LogP contribution in [0.15, 0.2) is 4.99 Å². The minimum Gasteiger partial charge on any atom is -0.355 e. The molecule has 6 nitrogen and oxygen atoms in total. The molecule has 0 saturated carbocycles. The summed E-state index contributed by atoms with van der Waals surface area (Å²) in [6, 6.07) is 0. The summed E-state index contributed by atoms with van der Waals surface area (Å²) in [5, 5.41) is 8.22. The Labute approximate surface area is 168 Å². The van der Waals surface area contributed by atoms with E-state index >= 15 is 0 Å². The van der Waals surface area contributed by atoms with Crippen LogP contribution in [-0.2, 0) is 6.54 Å². The van der Waals surface area contributed by atoms with Crippen molar-refractivity contribution < 1.29 is 0 Å². The lowest BCUT2D eigenvalue weighted by Crippen LogP contribution is -2.62. The molecule has 0 radical (unpaired) electrons. The molecule has 0 aromatic carbocycles. The highest BCUT2D eigenvalue weighted by Crippen LogP contribution is 2.30. The first kappa shape index (κ1) is 20.6. The predicted molar refractivity (Wildman–Crippen MR) is 115 cm³/mol. The van der Waals surface area contributed by atoms with Crippen molar-refractivity contribution in [2.45, 2.75) is 58.0 Å². The van der Waals surface area contributed by atoms with Gasteiger partial charge in [0.05, 0.1) is 12.2 Å². The molecule has 0 bridgehead atoms. The van der Waals surface area contributed by atoms with Gasteiger partial charge >= 0.3 is 0 Å². The van der Waals surface area contributed by atoms with E-state index in [1.54, 1.807) is 11.3 Å². The molecule has 2 saturated heterocycles. The Balaban J connectivity index is 1.59. The number of aromatic nitrogens is 1. The van der Waals surface area contributed by atoms with Crippen LogP contribution in [0.3, 0.4) is 0 Å². The minimum atomic E-state index is 0.263. The van der Waals surface area contributed by atoms with Gasteiger partial charge in [-0.15, -0.1) is 11.3 Å². The van der Waals surface area contributed by atoms with Crippen LogP contribution in [0.2, 0.25) is 0 Å². The lowest BCUT2D eigenvalue weighted by atomic mass is 9.84. The highest BCUT2D eigenvalue weighted by Gasteiger charge is 2.39. The molecule has 27 heavy (non-hydrogen) atoms. The molecule has 0 unspecified atom stereocenters. The van der Waals surface area contributed by atoms with Gasteiger partial charge < -0.3 is 15.5 Å². The van der Waals surface area contributed by atoms with Crippen molar-refractivity contribution in [3.05, 3.63) is 15.6 Å². The highest BCUT2D eigenvalue weighted by molar-refractivity contribution is 7.11. The lowest BCUT2D eigenvalue weighted by molar-refractivity contribution is 0.0173. The fourth-order valence-electron chi connectivity index (χ4n) is 4.25. The molecule has 2 fully saturated rings. The molecule has 1 aromatic rings. The van der Waals surface area contributed by atoms with E-state index in [4.69, 9.17) is 0 Å². The number of guanidine groups is 1. The number of nitrogens with one attached hydrogen (secondary N) is 2. The molecule has 0 amide bonds. The number of aliphatic imine (C=N–C) groups is 1. The van der Waals surface area contributed by atoms with Crippen molar-refractivity contribution in [1.29, 1.82) is 0 Å². The van der Waals surface area contributed by atoms with Gasteiger partial charge in [0, 0.05) is 24.0 Å². The van der Waals surface area contributed by atoms with Gasteiger partial charge in [-0.05, 0) is 72.8 Å². The van der Waals surface area contributed by atoms with Crippen molar-refractivity contribution in [3.8, 4) is 0 Å². The van der Waals surface area contributed by atoms with Crippen LogP contribution in [0, 0.1) is 13.8 Å². The molecule has 0 spiro atoms. The average Bonchev–Trinajstić information content (AvgIpc) is 3.02. The Kier molecular flexibility index (Phi) is 7.11. The summed E-state index contributed by atoms with van der Waals surface area (Å²) in [5.41, 5.74) is 1.40. The molecule has 2 aliphatic heterocycles. The van der Waals surface area contributed by atoms with Crippen LogP contribution in [0.25, 0.3) is 0 Å². The minimum absolute atomic E-state index is 0.263. The number of hydrogen-bond acceptors (Lipinski definition) is 5. The molecule has 3 rings (SSSR count). The van der Waals surface area contributed by atoms with Crippen molar-refractivity contribution >= 4 is 17.3 Å².